The van der Waals surface area contributed by atoms with Gasteiger partial charge in [0.15, 0.2) is 0 Å². The third kappa shape index (κ3) is 4.77. The molecule has 0 saturated carbocycles. The summed E-state index contributed by atoms with van der Waals surface area (Å²) in [6, 6.07) is 17.5. The molecular formula is C19H21NO2. The molecule has 0 spiro atoms. The first-order valence-corrected chi connectivity index (χ1v) is 7.45. The summed E-state index contributed by atoms with van der Waals surface area (Å²) in [6.07, 6.45) is 3.35. The maximum absolute atomic E-state index is 11.9. The highest BCUT2D eigenvalue weighted by atomic mass is 16.5. The summed E-state index contributed by atoms with van der Waals surface area (Å²) >= 11 is 0. The van der Waals surface area contributed by atoms with Crippen molar-refractivity contribution in [2.24, 2.45) is 0 Å². The van der Waals surface area contributed by atoms with Crippen molar-refractivity contribution in [2.75, 3.05) is 6.61 Å². The van der Waals surface area contributed by atoms with Crippen molar-refractivity contribution in [3.05, 3.63) is 71.8 Å². The number of ether oxygens (including phenoxy) is 1. The Morgan fingerprint density at radius 2 is 1.82 bits per heavy atom. The van der Waals surface area contributed by atoms with Crippen molar-refractivity contribution >= 4 is 12.0 Å². The second-order valence-corrected chi connectivity index (χ2v) is 4.98. The fourth-order valence-corrected chi connectivity index (χ4v) is 2.10. The molecule has 0 aromatic heterocycles. The quantitative estimate of drug-likeness (QED) is 0.819. The van der Waals surface area contributed by atoms with Gasteiger partial charge in [-0.15, -0.1) is 0 Å². The minimum Gasteiger partial charge on any atom is -0.494 e. The van der Waals surface area contributed by atoms with Crippen molar-refractivity contribution in [3.63, 3.8) is 0 Å². The Morgan fingerprint density at radius 1 is 1.14 bits per heavy atom. The van der Waals surface area contributed by atoms with Gasteiger partial charge in [-0.2, -0.15) is 0 Å². The molecule has 22 heavy (non-hydrogen) atoms. The Labute approximate surface area is 131 Å². The Bertz CT molecular complexity index is 618. The lowest BCUT2D eigenvalue weighted by molar-refractivity contribution is -0.117. The molecule has 1 atom stereocenters. The smallest absolute Gasteiger partial charge is 0.244 e. The van der Waals surface area contributed by atoms with Crippen LogP contribution in [-0.2, 0) is 4.79 Å². The summed E-state index contributed by atoms with van der Waals surface area (Å²) in [5.41, 5.74) is 2.05. The van der Waals surface area contributed by atoms with Crippen LogP contribution >= 0.6 is 0 Å². The Hall–Kier alpha value is -2.55. The molecule has 114 valence electrons. The third-order valence-electron chi connectivity index (χ3n) is 3.28. The molecule has 0 radical (unpaired) electrons. The maximum Gasteiger partial charge on any atom is 0.244 e. The molecule has 2 aromatic carbocycles. The highest BCUT2D eigenvalue weighted by Gasteiger charge is 2.06. The van der Waals surface area contributed by atoms with Gasteiger partial charge in [0.25, 0.3) is 0 Å². The van der Waals surface area contributed by atoms with Gasteiger partial charge in [0.1, 0.15) is 5.75 Å². The standard InChI is InChI=1S/C19H21NO2/c1-3-22-18-12-9-16(10-13-18)11-14-19(21)20-15(2)17-7-5-4-6-8-17/h4-15H,3H2,1-2H3,(H,20,21)/b14-11+/t15-/m0/s1. The van der Waals surface area contributed by atoms with Gasteiger partial charge in [-0.1, -0.05) is 42.5 Å². The highest BCUT2D eigenvalue weighted by molar-refractivity contribution is 5.91. The average molecular weight is 295 g/mol. The monoisotopic (exact) mass is 295 g/mol. The zero-order valence-corrected chi connectivity index (χ0v) is 13.0. The number of benzene rings is 2. The van der Waals surface area contributed by atoms with Crippen LogP contribution in [0.3, 0.4) is 0 Å². The Balaban J connectivity index is 1.91. The van der Waals surface area contributed by atoms with Gasteiger partial charge < -0.3 is 10.1 Å². The minimum absolute atomic E-state index is 0.0151. The van der Waals surface area contributed by atoms with Gasteiger partial charge >= 0.3 is 0 Å². The zero-order valence-electron chi connectivity index (χ0n) is 13.0. The number of nitrogens with one attached hydrogen (secondary N) is 1. The third-order valence-corrected chi connectivity index (χ3v) is 3.28. The predicted octanol–water partition coefficient (Wildman–Crippen LogP) is 3.98. The summed E-state index contributed by atoms with van der Waals surface area (Å²) in [5, 5.41) is 2.95. The number of amides is 1. The summed E-state index contributed by atoms with van der Waals surface area (Å²) in [4.78, 5) is 11.9. The largest absolute Gasteiger partial charge is 0.494 e. The minimum atomic E-state index is -0.106. The van der Waals surface area contributed by atoms with Gasteiger partial charge in [0.05, 0.1) is 12.6 Å². The van der Waals surface area contributed by atoms with Crippen LogP contribution < -0.4 is 10.1 Å². The second-order valence-electron chi connectivity index (χ2n) is 4.98. The lowest BCUT2D eigenvalue weighted by Gasteiger charge is -2.12. The Morgan fingerprint density at radius 3 is 2.45 bits per heavy atom. The first-order chi connectivity index (χ1) is 10.7. The van der Waals surface area contributed by atoms with Crippen molar-refractivity contribution in [1.82, 2.24) is 5.32 Å². The van der Waals surface area contributed by atoms with E-state index in [1.165, 1.54) is 0 Å². The SMILES string of the molecule is CCOc1ccc(/C=C/C(=O)N[C@@H](C)c2ccccc2)cc1. The van der Waals surface area contributed by atoms with E-state index in [2.05, 4.69) is 5.32 Å². The van der Waals surface area contributed by atoms with Crippen molar-refractivity contribution in [3.8, 4) is 5.75 Å². The topological polar surface area (TPSA) is 38.3 Å². The molecule has 0 unspecified atom stereocenters. The van der Waals surface area contributed by atoms with E-state index in [-0.39, 0.29) is 11.9 Å². The lowest BCUT2D eigenvalue weighted by Crippen LogP contribution is -2.24. The van der Waals surface area contributed by atoms with E-state index in [0.29, 0.717) is 6.61 Å². The van der Waals surface area contributed by atoms with Crippen LogP contribution in [0.4, 0.5) is 0 Å². The van der Waals surface area contributed by atoms with Crippen LogP contribution in [0.25, 0.3) is 6.08 Å². The zero-order chi connectivity index (χ0) is 15.8. The lowest BCUT2D eigenvalue weighted by atomic mass is 10.1. The van der Waals surface area contributed by atoms with E-state index in [9.17, 15) is 4.79 Å². The first kappa shape index (κ1) is 15.8. The number of rotatable bonds is 6. The van der Waals surface area contributed by atoms with Crippen LogP contribution in [0.15, 0.2) is 60.7 Å². The van der Waals surface area contributed by atoms with E-state index < -0.39 is 0 Å². The van der Waals surface area contributed by atoms with Gasteiger partial charge in [-0.25, -0.2) is 0 Å². The molecule has 1 N–H and O–H groups in total. The average Bonchev–Trinajstić information content (AvgIpc) is 2.55. The van der Waals surface area contributed by atoms with Crippen molar-refractivity contribution in [1.29, 1.82) is 0 Å². The van der Waals surface area contributed by atoms with Gasteiger partial charge in [0.2, 0.25) is 5.91 Å². The fourth-order valence-electron chi connectivity index (χ4n) is 2.10. The number of carbonyl (C=O) groups excluding carboxylic acids is 1. The molecule has 2 rings (SSSR count). The van der Waals surface area contributed by atoms with E-state index in [0.717, 1.165) is 16.9 Å². The van der Waals surface area contributed by atoms with Crippen LogP contribution in [0.5, 0.6) is 5.75 Å². The van der Waals surface area contributed by atoms with E-state index >= 15 is 0 Å². The summed E-state index contributed by atoms with van der Waals surface area (Å²) < 4.78 is 5.38. The van der Waals surface area contributed by atoms with Gasteiger partial charge in [-0.3, -0.25) is 4.79 Å². The van der Waals surface area contributed by atoms with Crippen LogP contribution in [0.2, 0.25) is 0 Å². The molecule has 2 aromatic rings. The molecule has 0 heterocycles. The molecule has 0 fully saturated rings. The van der Waals surface area contributed by atoms with Crippen molar-refractivity contribution in [2.45, 2.75) is 19.9 Å². The van der Waals surface area contributed by atoms with Crippen LogP contribution in [0, 0.1) is 0 Å². The first-order valence-electron chi connectivity index (χ1n) is 7.45. The Kier molecular flexibility index (Phi) is 5.78. The molecule has 0 aliphatic carbocycles. The van der Waals surface area contributed by atoms with Crippen LogP contribution in [-0.4, -0.2) is 12.5 Å². The maximum atomic E-state index is 11.9. The van der Waals surface area contributed by atoms with E-state index in [1.54, 1.807) is 12.2 Å². The van der Waals surface area contributed by atoms with Crippen molar-refractivity contribution < 1.29 is 9.53 Å². The summed E-state index contributed by atoms with van der Waals surface area (Å²) in [5.74, 6) is 0.729. The molecule has 3 heteroatoms. The molecule has 0 aliphatic heterocycles. The molecule has 0 aliphatic rings. The summed E-state index contributed by atoms with van der Waals surface area (Å²) in [6.45, 7) is 4.57. The molecular weight excluding hydrogens is 274 g/mol. The predicted molar refractivity (Wildman–Crippen MR) is 89.6 cm³/mol. The second kappa shape index (κ2) is 8.03. The van der Waals surface area contributed by atoms with E-state index in [1.807, 2.05) is 68.4 Å². The molecule has 1 amide bonds. The summed E-state index contributed by atoms with van der Waals surface area (Å²) in [7, 11) is 0. The highest BCUT2D eigenvalue weighted by Crippen LogP contribution is 2.14. The van der Waals surface area contributed by atoms with Gasteiger partial charge in [0, 0.05) is 6.08 Å². The van der Waals surface area contributed by atoms with Gasteiger partial charge in [-0.05, 0) is 43.2 Å². The fraction of sp³-hybridized carbons (Fsp3) is 0.211. The number of hydrogen-bond donors (Lipinski definition) is 1. The molecule has 0 bridgehead atoms. The normalized spacial score (nSPS) is 12.1. The number of hydrogen-bond acceptors (Lipinski definition) is 2. The molecule has 0 saturated heterocycles. The molecule has 3 nitrogen and oxygen atoms in total. The van der Waals surface area contributed by atoms with Crippen LogP contribution in [0.1, 0.15) is 31.0 Å². The van der Waals surface area contributed by atoms with E-state index in [4.69, 9.17) is 4.74 Å². The number of carbonyl (C=O) groups is 1.